The lowest BCUT2D eigenvalue weighted by Gasteiger charge is -2.06. The van der Waals surface area contributed by atoms with Crippen LogP contribution < -0.4 is 10.1 Å². The number of methoxy groups -OCH3 is 1. The molecule has 1 heterocycles. The van der Waals surface area contributed by atoms with Crippen LogP contribution in [0.3, 0.4) is 0 Å². The van der Waals surface area contributed by atoms with Crippen molar-refractivity contribution in [1.82, 2.24) is 5.32 Å². The summed E-state index contributed by atoms with van der Waals surface area (Å²) in [4.78, 5) is 23.2. The molecule has 0 aromatic heterocycles. The van der Waals surface area contributed by atoms with E-state index in [0.717, 1.165) is 42.2 Å². The number of esters is 1. The predicted octanol–water partition coefficient (Wildman–Crippen LogP) is 5.60. The van der Waals surface area contributed by atoms with Gasteiger partial charge in [0.1, 0.15) is 5.75 Å². The Kier molecular flexibility index (Phi) is 13.0. The molecule has 0 spiro atoms. The van der Waals surface area contributed by atoms with Crippen molar-refractivity contribution in [2.24, 2.45) is 10.2 Å². The summed E-state index contributed by atoms with van der Waals surface area (Å²) in [6.45, 7) is 2.99. The zero-order valence-electron chi connectivity index (χ0n) is 19.7. The summed E-state index contributed by atoms with van der Waals surface area (Å²) in [6, 6.07) is 7.63. The first-order chi connectivity index (χ1) is 16.1. The van der Waals surface area contributed by atoms with E-state index in [2.05, 4.69) is 27.2 Å². The van der Waals surface area contributed by atoms with E-state index in [0.29, 0.717) is 5.17 Å². The summed E-state index contributed by atoms with van der Waals surface area (Å²) >= 11 is 1.04. The first-order valence-corrected chi connectivity index (χ1v) is 12.6. The van der Waals surface area contributed by atoms with Gasteiger partial charge >= 0.3 is 5.97 Å². The smallest absolute Gasteiger partial charge is 0.331 e. The summed E-state index contributed by atoms with van der Waals surface area (Å²) in [6.07, 6.45) is 15.8. The molecule has 1 aliphatic rings. The van der Waals surface area contributed by atoms with Crippen LogP contribution >= 0.6 is 11.8 Å². The lowest BCUT2D eigenvalue weighted by Crippen LogP contribution is -2.19. The fourth-order valence-electron chi connectivity index (χ4n) is 3.22. The van der Waals surface area contributed by atoms with Crippen LogP contribution in [0.4, 0.5) is 0 Å². The van der Waals surface area contributed by atoms with Crippen molar-refractivity contribution in [2.75, 3.05) is 13.7 Å². The number of carbonyl (C=O) groups is 2. The van der Waals surface area contributed by atoms with E-state index < -0.39 is 11.9 Å². The average molecular weight is 474 g/mol. The minimum Gasteiger partial charge on any atom is -0.494 e. The molecule has 0 saturated carbocycles. The van der Waals surface area contributed by atoms with Crippen LogP contribution in [0.5, 0.6) is 5.75 Å². The average Bonchev–Trinajstić information content (AvgIpc) is 3.17. The molecule has 1 saturated heterocycles. The van der Waals surface area contributed by atoms with Crippen molar-refractivity contribution in [1.29, 1.82) is 0 Å². The molecular weight excluding hydrogens is 438 g/mol. The SMILES string of the molecule is CCCCCCCCCCCCOc1ccc(C=N/N=C2/NC(=O)/C(=C\C(=O)OC)S2)cc1. The van der Waals surface area contributed by atoms with Crippen LogP contribution in [0, 0.1) is 0 Å². The number of unbranched alkanes of at least 4 members (excludes halogenated alkanes) is 9. The molecule has 1 aromatic carbocycles. The van der Waals surface area contributed by atoms with Crippen LogP contribution in [-0.2, 0) is 14.3 Å². The first kappa shape index (κ1) is 26.6. The van der Waals surface area contributed by atoms with Crippen LogP contribution in [0.25, 0.3) is 0 Å². The molecular formula is C25H35N3O4S. The second-order valence-corrected chi connectivity index (χ2v) is 8.87. The number of amidine groups is 1. The van der Waals surface area contributed by atoms with E-state index in [1.54, 1.807) is 6.21 Å². The van der Waals surface area contributed by atoms with Crippen LogP contribution in [-0.4, -0.2) is 37.0 Å². The molecule has 0 aliphatic carbocycles. The molecule has 180 valence electrons. The number of ether oxygens (including phenoxy) is 2. The monoisotopic (exact) mass is 473 g/mol. The number of thioether (sulfide) groups is 1. The molecule has 0 radical (unpaired) electrons. The van der Waals surface area contributed by atoms with Gasteiger partial charge in [-0.25, -0.2) is 4.79 Å². The Bertz CT molecular complexity index is 835. The summed E-state index contributed by atoms with van der Waals surface area (Å²) in [7, 11) is 1.25. The number of rotatable bonds is 15. The summed E-state index contributed by atoms with van der Waals surface area (Å²) in [5, 5.41) is 10.8. The molecule has 8 heteroatoms. The highest BCUT2D eigenvalue weighted by Gasteiger charge is 2.24. The number of benzene rings is 1. The quantitative estimate of drug-likeness (QED) is 0.118. The molecule has 1 N–H and O–H groups in total. The molecule has 7 nitrogen and oxygen atoms in total. The number of amides is 1. The Balaban J connectivity index is 1.62. The fraction of sp³-hybridized carbons (Fsp3) is 0.520. The highest BCUT2D eigenvalue weighted by Crippen LogP contribution is 2.23. The number of hydrogen-bond acceptors (Lipinski definition) is 7. The second kappa shape index (κ2) is 16.1. The molecule has 1 aliphatic heterocycles. The topological polar surface area (TPSA) is 89.4 Å². The van der Waals surface area contributed by atoms with E-state index in [1.807, 2.05) is 24.3 Å². The van der Waals surface area contributed by atoms with Gasteiger partial charge in [0.25, 0.3) is 5.91 Å². The third-order valence-corrected chi connectivity index (χ3v) is 6.00. The predicted molar refractivity (Wildman–Crippen MR) is 135 cm³/mol. The standard InChI is InChI=1S/C25H35N3O4S/c1-3-4-5-6-7-8-9-10-11-12-17-32-21-15-13-20(14-16-21)19-26-28-25-27-24(30)22(33-25)18-23(29)31-2/h13-16,18-19H,3-12,17H2,1-2H3,(H,27,28,30)/b22-18+,26-19?. The van der Waals surface area contributed by atoms with Crippen LogP contribution in [0.15, 0.2) is 45.4 Å². The number of nitrogens with zero attached hydrogens (tertiary/aromatic N) is 2. The van der Waals surface area contributed by atoms with E-state index >= 15 is 0 Å². The molecule has 1 aromatic rings. The highest BCUT2D eigenvalue weighted by molar-refractivity contribution is 8.18. The Morgan fingerprint density at radius 3 is 2.27 bits per heavy atom. The maximum atomic E-state index is 11.8. The van der Waals surface area contributed by atoms with Gasteiger partial charge in [-0.1, -0.05) is 64.7 Å². The van der Waals surface area contributed by atoms with Gasteiger partial charge in [-0.15, -0.1) is 5.10 Å². The largest absolute Gasteiger partial charge is 0.494 e. The maximum absolute atomic E-state index is 11.8. The van der Waals surface area contributed by atoms with Gasteiger partial charge < -0.3 is 9.47 Å². The van der Waals surface area contributed by atoms with Crippen LogP contribution in [0.1, 0.15) is 76.7 Å². The van der Waals surface area contributed by atoms with Gasteiger partial charge in [-0.05, 0) is 48.0 Å². The van der Waals surface area contributed by atoms with Crippen LogP contribution in [0.2, 0.25) is 0 Å². The molecule has 33 heavy (non-hydrogen) atoms. The number of carbonyl (C=O) groups excluding carboxylic acids is 2. The summed E-state index contributed by atoms with van der Waals surface area (Å²) in [5.74, 6) is -0.151. The first-order valence-electron chi connectivity index (χ1n) is 11.7. The third kappa shape index (κ3) is 11.2. The molecule has 1 amide bonds. The highest BCUT2D eigenvalue weighted by atomic mass is 32.2. The number of hydrogen-bond donors (Lipinski definition) is 1. The Morgan fingerprint density at radius 2 is 1.64 bits per heavy atom. The van der Waals surface area contributed by atoms with Crippen molar-refractivity contribution in [2.45, 2.75) is 71.1 Å². The van der Waals surface area contributed by atoms with Gasteiger partial charge in [0.15, 0.2) is 5.17 Å². The van der Waals surface area contributed by atoms with Gasteiger partial charge in [0.2, 0.25) is 0 Å². The van der Waals surface area contributed by atoms with Crippen molar-refractivity contribution < 1.29 is 19.1 Å². The Hall–Kier alpha value is -2.61. The van der Waals surface area contributed by atoms with E-state index in [9.17, 15) is 9.59 Å². The van der Waals surface area contributed by atoms with Crippen molar-refractivity contribution >= 4 is 35.0 Å². The fourth-order valence-corrected chi connectivity index (χ4v) is 3.96. The maximum Gasteiger partial charge on any atom is 0.331 e. The minimum atomic E-state index is -0.590. The molecule has 2 rings (SSSR count). The third-order valence-electron chi connectivity index (χ3n) is 5.10. The van der Waals surface area contributed by atoms with Gasteiger partial charge in [-0.2, -0.15) is 5.10 Å². The molecule has 0 atom stereocenters. The van der Waals surface area contributed by atoms with E-state index in [-0.39, 0.29) is 4.91 Å². The summed E-state index contributed by atoms with van der Waals surface area (Å²) < 4.78 is 10.3. The van der Waals surface area contributed by atoms with Gasteiger partial charge in [0, 0.05) is 6.08 Å². The van der Waals surface area contributed by atoms with E-state index in [4.69, 9.17) is 4.74 Å². The molecule has 0 unspecified atom stereocenters. The summed E-state index contributed by atoms with van der Waals surface area (Å²) in [5.41, 5.74) is 0.866. The lowest BCUT2D eigenvalue weighted by atomic mass is 10.1. The normalized spacial score (nSPS) is 16.0. The molecule has 0 bridgehead atoms. The molecule has 1 fully saturated rings. The van der Waals surface area contributed by atoms with Crippen molar-refractivity contribution in [3.05, 3.63) is 40.8 Å². The Morgan fingerprint density at radius 1 is 1.00 bits per heavy atom. The second-order valence-electron chi connectivity index (χ2n) is 7.84. The van der Waals surface area contributed by atoms with E-state index in [1.165, 1.54) is 64.9 Å². The van der Waals surface area contributed by atoms with Gasteiger partial charge in [-0.3, -0.25) is 10.1 Å². The number of nitrogens with one attached hydrogen (secondary N) is 1. The minimum absolute atomic E-state index is 0.222. The van der Waals surface area contributed by atoms with Gasteiger partial charge in [0.05, 0.1) is 24.8 Å². The lowest BCUT2D eigenvalue weighted by molar-refractivity contribution is -0.135. The van der Waals surface area contributed by atoms with Crippen molar-refractivity contribution in [3.8, 4) is 5.75 Å². The Labute approximate surface area is 201 Å². The van der Waals surface area contributed by atoms with Crippen molar-refractivity contribution in [3.63, 3.8) is 0 Å². The zero-order chi connectivity index (χ0) is 23.7. The zero-order valence-corrected chi connectivity index (χ0v) is 20.5.